The van der Waals surface area contributed by atoms with E-state index in [1.807, 2.05) is 30.3 Å². The highest BCUT2D eigenvalue weighted by Gasteiger charge is 2.24. The van der Waals surface area contributed by atoms with Gasteiger partial charge in [-0.15, -0.1) is 0 Å². The van der Waals surface area contributed by atoms with Crippen LogP contribution in [0.2, 0.25) is 0 Å². The molecule has 0 saturated carbocycles. The molecule has 0 radical (unpaired) electrons. The number of amides is 1. The molecule has 1 heterocycles. The third kappa shape index (κ3) is 5.97. The maximum atomic E-state index is 12.0. The SMILES string of the molecule is O=C(OCc1ccccc1)N1CCC(OCCCCBr)CC1. The van der Waals surface area contributed by atoms with Crippen LogP contribution in [0.4, 0.5) is 4.79 Å². The summed E-state index contributed by atoms with van der Waals surface area (Å²) in [6.07, 6.45) is 4.09. The quantitative estimate of drug-likeness (QED) is 0.538. The van der Waals surface area contributed by atoms with Crippen LogP contribution >= 0.6 is 15.9 Å². The van der Waals surface area contributed by atoms with Gasteiger partial charge in [0.2, 0.25) is 0 Å². The first-order valence-corrected chi connectivity index (χ1v) is 9.05. The van der Waals surface area contributed by atoms with Crippen LogP contribution in [0.15, 0.2) is 30.3 Å². The largest absolute Gasteiger partial charge is 0.445 e. The molecule has 1 aliphatic heterocycles. The second kappa shape index (κ2) is 9.85. The Morgan fingerprint density at radius 2 is 1.91 bits per heavy atom. The summed E-state index contributed by atoms with van der Waals surface area (Å²) in [7, 11) is 0. The maximum Gasteiger partial charge on any atom is 0.410 e. The minimum absolute atomic E-state index is 0.221. The highest BCUT2D eigenvalue weighted by molar-refractivity contribution is 9.09. The third-order valence-corrected chi connectivity index (χ3v) is 4.35. The van der Waals surface area contributed by atoms with Gasteiger partial charge in [0.05, 0.1) is 6.10 Å². The normalized spacial score (nSPS) is 15.8. The summed E-state index contributed by atoms with van der Waals surface area (Å²) in [6.45, 7) is 2.59. The number of likely N-dealkylation sites (tertiary alicyclic amines) is 1. The molecule has 122 valence electrons. The van der Waals surface area contributed by atoms with E-state index in [0.717, 1.165) is 56.3 Å². The topological polar surface area (TPSA) is 38.8 Å². The van der Waals surface area contributed by atoms with Crippen LogP contribution in [0.5, 0.6) is 0 Å². The van der Waals surface area contributed by atoms with E-state index in [9.17, 15) is 4.79 Å². The number of nitrogens with zero attached hydrogens (tertiary/aromatic N) is 1. The molecule has 1 saturated heterocycles. The van der Waals surface area contributed by atoms with Crippen LogP contribution < -0.4 is 0 Å². The number of alkyl halides is 1. The zero-order valence-electron chi connectivity index (χ0n) is 12.9. The van der Waals surface area contributed by atoms with Crippen molar-refractivity contribution in [3.05, 3.63) is 35.9 Å². The molecule has 2 rings (SSSR count). The summed E-state index contributed by atoms with van der Waals surface area (Å²) in [4.78, 5) is 13.8. The molecular formula is C17H24BrNO3. The number of piperidine rings is 1. The molecule has 1 fully saturated rings. The molecule has 1 aliphatic rings. The van der Waals surface area contributed by atoms with Gasteiger partial charge in [-0.3, -0.25) is 0 Å². The molecule has 0 aliphatic carbocycles. The van der Waals surface area contributed by atoms with Crippen molar-refractivity contribution in [3.63, 3.8) is 0 Å². The molecule has 1 amide bonds. The van der Waals surface area contributed by atoms with Gasteiger partial charge >= 0.3 is 6.09 Å². The predicted octanol–water partition coefficient (Wildman–Crippen LogP) is 3.98. The number of unbranched alkanes of at least 4 members (excludes halogenated alkanes) is 1. The number of hydrogen-bond acceptors (Lipinski definition) is 3. The van der Waals surface area contributed by atoms with Crippen LogP contribution in [-0.2, 0) is 16.1 Å². The standard InChI is InChI=1S/C17H24BrNO3/c18-10-4-5-13-21-16-8-11-19(12-9-16)17(20)22-14-15-6-2-1-3-7-15/h1-3,6-7,16H,4-5,8-14H2. The predicted molar refractivity (Wildman–Crippen MR) is 90.2 cm³/mol. The van der Waals surface area contributed by atoms with Gasteiger partial charge in [0.15, 0.2) is 0 Å². The number of carbonyl (C=O) groups excluding carboxylic acids is 1. The highest BCUT2D eigenvalue weighted by atomic mass is 79.9. The van der Waals surface area contributed by atoms with Gasteiger partial charge in [0, 0.05) is 25.0 Å². The fourth-order valence-electron chi connectivity index (χ4n) is 2.46. The lowest BCUT2D eigenvalue weighted by atomic mass is 10.1. The molecule has 0 spiro atoms. The molecule has 0 aromatic heterocycles. The van der Waals surface area contributed by atoms with Gasteiger partial charge < -0.3 is 14.4 Å². The van der Waals surface area contributed by atoms with Gasteiger partial charge in [-0.2, -0.15) is 0 Å². The molecule has 0 atom stereocenters. The maximum absolute atomic E-state index is 12.0. The Kier molecular flexibility index (Phi) is 7.74. The van der Waals surface area contributed by atoms with E-state index >= 15 is 0 Å². The Morgan fingerprint density at radius 3 is 2.59 bits per heavy atom. The van der Waals surface area contributed by atoms with E-state index in [0.29, 0.717) is 6.61 Å². The first-order chi connectivity index (χ1) is 10.8. The fourth-order valence-corrected chi connectivity index (χ4v) is 2.86. The van der Waals surface area contributed by atoms with Crippen LogP contribution in [0.25, 0.3) is 0 Å². The summed E-state index contributed by atoms with van der Waals surface area (Å²) in [5, 5.41) is 1.03. The van der Waals surface area contributed by atoms with Crippen LogP contribution in [0.1, 0.15) is 31.2 Å². The zero-order valence-corrected chi connectivity index (χ0v) is 14.5. The summed E-state index contributed by atoms with van der Waals surface area (Å²) >= 11 is 3.42. The van der Waals surface area contributed by atoms with E-state index in [1.54, 1.807) is 4.90 Å². The Morgan fingerprint density at radius 1 is 1.18 bits per heavy atom. The number of hydrogen-bond donors (Lipinski definition) is 0. The van der Waals surface area contributed by atoms with Gasteiger partial charge in [-0.25, -0.2) is 4.79 Å². The average Bonchev–Trinajstić information content (AvgIpc) is 2.58. The second-order valence-corrected chi connectivity index (χ2v) is 6.29. The minimum atomic E-state index is -0.221. The third-order valence-electron chi connectivity index (χ3n) is 3.79. The van der Waals surface area contributed by atoms with Crippen molar-refractivity contribution < 1.29 is 14.3 Å². The average molecular weight is 370 g/mol. The molecule has 0 unspecified atom stereocenters. The number of benzene rings is 1. The number of carbonyl (C=O) groups is 1. The summed E-state index contributed by atoms with van der Waals surface area (Å²) in [5.74, 6) is 0. The molecule has 1 aromatic carbocycles. The molecule has 22 heavy (non-hydrogen) atoms. The highest BCUT2D eigenvalue weighted by Crippen LogP contribution is 2.15. The first kappa shape index (κ1) is 17.3. The van der Waals surface area contributed by atoms with Gasteiger partial charge in [0.1, 0.15) is 6.61 Å². The van der Waals surface area contributed by atoms with Gasteiger partial charge in [-0.1, -0.05) is 46.3 Å². The van der Waals surface area contributed by atoms with E-state index < -0.39 is 0 Å². The lowest BCUT2D eigenvalue weighted by Gasteiger charge is -2.31. The van der Waals surface area contributed by atoms with E-state index in [1.165, 1.54) is 0 Å². The summed E-state index contributed by atoms with van der Waals surface area (Å²) < 4.78 is 11.2. The fraction of sp³-hybridized carbons (Fsp3) is 0.588. The zero-order chi connectivity index (χ0) is 15.6. The molecule has 4 nitrogen and oxygen atoms in total. The molecule has 0 bridgehead atoms. The Labute approximate surface area is 140 Å². The lowest BCUT2D eigenvalue weighted by molar-refractivity contribution is 0.00400. The van der Waals surface area contributed by atoms with Crippen molar-refractivity contribution in [1.29, 1.82) is 0 Å². The molecule has 0 N–H and O–H groups in total. The Bertz CT molecular complexity index is 433. The van der Waals surface area contributed by atoms with Crippen LogP contribution in [-0.4, -0.2) is 42.1 Å². The van der Waals surface area contributed by atoms with Crippen molar-refractivity contribution in [3.8, 4) is 0 Å². The van der Waals surface area contributed by atoms with Crippen LogP contribution in [0, 0.1) is 0 Å². The van der Waals surface area contributed by atoms with Crippen molar-refractivity contribution >= 4 is 22.0 Å². The summed E-state index contributed by atoms with van der Waals surface area (Å²) in [5.41, 5.74) is 1.01. The number of ether oxygens (including phenoxy) is 2. The molecular weight excluding hydrogens is 346 g/mol. The summed E-state index contributed by atoms with van der Waals surface area (Å²) in [6, 6.07) is 9.76. The number of halogens is 1. The Hall–Kier alpha value is -1.07. The van der Waals surface area contributed by atoms with Crippen molar-refractivity contribution in [2.45, 2.75) is 38.4 Å². The monoisotopic (exact) mass is 369 g/mol. The first-order valence-electron chi connectivity index (χ1n) is 7.93. The molecule has 5 heteroatoms. The minimum Gasteiger partial charge on any atom is -0.445 e. The second-order valence-electron chi connectivity index (χ2n) is 5.49. The van der Waals surface area contributed by atoms with Crippen molar-refractivity contribution in [2.24, 2.45) is 0 Å². The smallest absolute Gasteiger partial charge is 0.410 e. The Balaban J connectivity index is 1.62. The van der Waals surface area contributed by atoms with E-state index in [-0.39, 0.29) is 12.2 Å². The van der Waals surface area contributed by atoms with Gasteiger partial charge in [0.25, 0.3) is 0 Å². The lowest BCUT2D eigenvalue weighted by Crippen LogP contribution is -2.41. The van der Waals surface area contributed by atoms with Crippen molar-refractivity contribution in [2.75, 3.05) is 25.0 Å². The van der Waals surface area contributed by atoms with Crippen molar-refractivity contribution in [1.82, 2.24) is 4.90 Å². The van der Waals surface area contributed by atoms with E-state index in [2.05, 4.69) is 15.9 Å². The van der Waals surface area contributed by atoms with Crippen LogP contribution in [0.3, 0.4) is 0 Å². The van der Waals surface area contributed by atoms with Gasteiger partial charge in [-0.05, 0) is 31.2 Å². The molecule has 1 aromatic rings. The van der Waals surface area contributed by atoms with E-state index in [4.69, 9.17) is 9.47 Å². The number of rotatable bonds is 7.